The molecule has 1 aliphatic rings. The average molecular weight is 534 g/mol. The van der Waals surface area contributed by atoms with Crippen molar-refractivity contribution in [1.82, 2.24) is 9.80 Å². The van der Waals surface area contributed by atoms with Crippen LogP contribution >= 0.6 is 0 Å². The number of benzene rings is 4. The zero-order chi connectivity index (χ0) is 28.1. The van der Waals surface area contributed by atoms with Gasteiger partial charge in [0, 0.05) is 37.7 Å². The summed E-state index contributed by atoms with van der Waals surface area (Å²) in [5, 5.41) is 12.7. The number of methoxy groups -OCH3 is 1. The third-order valence-corrected chi connectivity index (χ3v) is 7.61. The summed E-state index contributed by atoms with van der Waals surface area (Å²) in [6.45, 7) is 2.94. The minimum atomic E-state index is -1.45. The first-order valence-corrected chi connectivity index (χ1v) is 13.3. The van der Waals surface area contributed by atoms with Crippen molar-refractivity contribution in [2.24, 2.45) is 5.41 Å². The van der Waals surface area contributed by atoms with E-state index in [9.17, 15) is 14.9 Å². The Kier molecular flexibility index (Phi) is 7.70. The number of amides is 2. The first kappa shape index (κ1) is 26.8. The Hall–Kier alpha value is -4.83. The van der Waals surface area contributed by atoms with Crippen LogP contribution in [0.2, 0.25) is 0 Å². The van der Waals surface area contributed by atoms with Crippen molar-refractivity contribution in [2.75, 3.05) is 33.3 Å². The smallest absolute Gasteiger partial charge is 0.415 e. The van der Waals surface area contributed by atoms with Crippen LogP contribution in [-0.2, 0) is 4.79 Å². The quantitative estimate of drug-likeness (QED) is 0.310. The van der Waals surface area contributed by atoms with Gasteiger partial charge in [0.1, 0.15) is 16.9 Å². The van der Waals surface area contributed by atoms with Gasteiger partial charge in [-0.05, 0) is 41.5 Å². The van der Waals surface area contributed by atoms with Crippen LogP contribution < -0.4 is 9.47 Å². The summed E-state index contributed by atoms with van der Waals surface area (Å²) in [6.07, 6.45) is -0.455. The highest BCUT2D eigenvalue weighted by molar-refractivity contribution is 5.91. The molecule has 1 saturated heterocycles. The van der Waals surface area contributed by atoms with E-state index in [-0.39, 0.29) is 5.91 Å². The number of ether oxygens (including phenoxy) is 2. The lowest BCUT2D eigenvalue weighted by Gasteiger charge is -2.40. The van der Waals surface area contributed by atoms with Crippen LogP contribution in [-0.4, -0.2) is 55.1 Å². The fourth-order valence-corrected chi connectivity index (χ4v) is 5.51. The molecule has 0 saturated carbocycles. The Morgan fingerprint density at radius 3 is 2.12 bits per heavy atom. The summed E-state index contributed by atoms with van der Waals surface area (Å²) in [4.78, 5) is 30.2. The molecule has 7 nitrogen and oxygen atoms in total. The topological polar surface area (TPSA) is 82.9 Å². The van der Waals surface area contributed by atoms with Gasteiger partial charge in [-0.1, -0.05) is 78.9 Å². The monoisotopic (exact) mass is 533 g/mol. The van der Waals surface area contributed by atoms with Crippen molar-refractivity contribution in [3.8, 4) is 17.6 Å². The number of carbonyl (C=O) groups is 2. The van der Waals surface area contributed by atoms with Gasteiger partial charge in [-0.15, -0.1) is 0 Å². The number of nitrogens with zero attached hydrogens (tertiary/aromatic N) is 3. The number of hydrogen-bond acceptors (Lipinski definition) is 5. The fourth-order valence-electron chi connectivity index (χ4n) is 5.51. The van der Waals surface area contributed by atoms with Crippen molar-refractivity contribution in [3.05, 3.63) is 108 Å². The minimum Gasteiger partial charge on any atom is -0.496 e. The number of rotatable bonds is 6. The number of para-hydroxylation sites is 2. The van der Waals surface area contributed by atoms with E-state index in [1.165, 1.54) is 0 Å². The second-order valence-corrected chi connectivity index (χ2v) is 10.0. The average Bonchev–Trinajstić information content (AvgIpc) is 3.01. The summed E-state index contributed by atoms with van der Waals surface area (Å²) >= 11 is 0. The van der Waals surface area contributed by atoms with Gasteiger partial charge in [-0.2, -0.15) is 5.26 Å². The Morgan fingerprint density at radius 1 is 0.800 bits per heavy atom. The van der Waals surface area contributed by atoms with E-state index >= 15 is 0 Å². The zero-order valence-electron chi connectivity index (χ0n) is 22.6. The zero-order valence-corrected chi connectivity index (χ0v) is 22.6. The minimum absolute atomic E-state index is 0.282. The Balaban J connectivity index is 1.46. The molecular formula is C33H31N3O4. The van der Waals surface area contributed by atoms with Crippen molar-refractivity contribution in [1.29, 1.82) is 5.26 Å². The van der Waals surface area contributed by atoms with Gasteiger partial charge in [0.05, 0.1) is 13.2 Å². The summed E-state index contributed by atoms with van der Waals surface area (Å²) in [7, 11) is 1.60. The van der Waals surface area contributed by atoms with E-state index in [4.69, 9.17) is 9.47 Å². The molecule has 2 atom stereocenters. The van der Waals surface area contributed by atoms with Crippen LogP contribution in [0.25, 0.3) is 10.8 Å². The first-order chi connectivity index (χ1) is 19.5. The standard InChI is InChI=1S/C33H31N3O4/c1-33(23-34,31(37)35-19-21-36(22-20-35)32(38)40-25-13-4-3-5-14-25)30(28-16-8-9-18-29(28)39-2)27-17-10-12-24-11-6-7-15-26(24)27/h3-18,30H,19-22H2,1-2H3. The molecule has 2 unspecified atom stereocenters. The van der Waals surface area contributed by atoms with Crippen LogP contribution in [0.4, 0.5) is 4.79 Å². The predicted molar refractivity (Wildman–Crippen MR) is 153 cm³/mol. The fraction of sp³-hybridized carbons (Fsp3) is 0.242. The van der Waals surface area contributed by atoms with Crippen LogP contribution in [0, 0.1) is 16.7 Å². The number of hydrogen-bond donors (Lipinski definition) is 0. The molecule has 0 aromatic heterocycles. The molecule has 0 radical (unpaired) electrons. The lowest BCUT2D eigenvalue weighted by atomic mass is 9.68. The lowest BCUT2D eigenvalue weighted by molar-refractivity contribution is -0.140. The van der Waals surface area contributed by atoms with Gasteiger partial charge in [0.25, 0.3) is 0 Å². The Bertz CT molecular complexity index is 1550. The maximum atomic E-state index is 14.3. The van der Waals surface area contributed by atoms with E-state index in [1.54, 1.807) is 48.1 Å². The maximum absolute atomic E-state index is 14.3. The highest BCUT2D eigenvalue weighted by Gasteiger charge is 2.48. The number of nitriles is 1. The molecule has 202 valence electrons. The number of carbonyl (C=O) groups excluding carboxylic acids is 2. The highest BCUT2D eigenvalue weighted by atomic mass is 16.6. The highest BCUT2D eigenvalue weighted by Crippen LogP contribution is 2.47. The molecule has 0 spiro atoms. The maximum Gasteiger partial charge on any atom is 0.415 e. The number of piperazine rings is 1. The molecule has 5 rings (SSSR count). The van der Waals surface area contributed by atoms with Crippen LogP contribution in [0.15, 0.2) is 97.1 Å². The lowest BCUT2D eigenvalue weighted by Crippen LogP contribution is -2.55. The van der Waals surface area contributed by atoms with Crippen LogP contribution in [0.3, 0.4) is 0 Å². The van der Waals surface area contributed by atoms with E-state index in [0.29, 0.717) is 37.7 Å². The van der Waals surface area contributed by atoms with Gasteiger partial charge in [-0.3, -0.25) is 4.79 Å². The molecule has 1 heterocycles. The molecule has 4 aromatic carbocycles. The molecule has 0 N–H and O–H groups in total. The van der Waals surface area contributed by atoms with Crippen molar-refractivity contribution in [3.63, 3.8) is 0 Å². The molecule has 0 aliphatic carbocycles. The van der Waals surface area contributed by atoms with E-state index in [1.807, 2.05) is 72.8 Å². The molecular weight excluding hydrogens is 502 g/mol. The van der Waals surface area contributed by atoms with Crippen LogP contribution in [0.5, 0.6) is 11.5 Å². The van der Waals surface area contributed by atoms with Crippen LogP contribution in [0.1, 0.15) is 24.0 Å². The van der Waals surface area contributed by atoms with E-state index in [2.05, 4.69) is 6.07 Å². The van der Waals surface area contributed by atoms with Gasteiger partial charge in [0.2, 0.25) is 5.91 Å². The van der Waals surface area contributed by atoms with Gasteiger partial charge in [0.15, 0.2) is 0 Å². The van der Waals surface area contributed by atoms with E-state index < -0.39 is 17.4 Å². The third-order valence-electron chi connectivity index (χ3n) is 7.61. The SMILES string of the molecule is COc1ccccc1C(c1cccc2ccccc12)C(C)(C#N)C(=O)N1CCN(C(=O)Oc2ccccc2)CC1. The molecule has 1 aliphatic heterocycles. The third kappa shape index (κ3) is 5.08. The Morgan fingerprint density at radius 2 is 1.40 bits per heavy atom. The molecule has 2 amide bonds. The normalized spacial score (nSPS) is 15.5. The van der Waals surface area contributed by atoms with Crippen molar-refractivity contribution >= 4 is 22.8 Å². The largest absolute Gasteiger partial charge is 0.496 e. The summed E-state index contributed by atoms with van der Waals surface area (Å²) in [5.41, 5.74) is 0.194. The molecule has 7 heteroatoms. The Labute approximate surface area is 234 Å². The second kappa shape index (κ2) is 11.5. The second-order valence-electron chi connectivity index (χ2n) is 10.0. The predicted octanol–water partition coefficient (Wildman–Crippen LogP) is 5.85. The summed E-state index contributed by atoms with van der Waals surface area (Å²) in [6, 6.07) is 32.8. The first-order valence-electron chi connectivity index (χ1n) is 13.3. The van der Waals surface area contributed by atoms with Crippen molar-refractivity contribution in [2.45, 2.75) is 12.8 Å². The van der Waals surface area contributed by atoms with Gasteiger partial charge < -0.3 is 19.3 Å². The van der Waals surface area contributed by atoms with Gasteiger partial charge in [-0.25, -0.2) is 4.79 Å². The summed E-state index contributed by atoms with van der Waals surface area (Å²) < 4.78 is 11.2. The molecule has 4 aromatic rings. The molecule has 40 heavy (non-hydrogen) atoms. The number of fused-ring (bicyclic) bond motifs is 1. The van der Waals surface area contributed by atoms with E-state index in [0.717, 1.165) is 21.9 Å². The van der Waals surface area contributed by atoms with Gasteiger partial charge >= 0.3 is 6.09 Å². The molecule has 1 fully saturated rings. The summed E-state index contributed by atoms with van der Waals surface area (Å²) in [5.74, 6) is 0.198. The molecule has 0 bridgehead atoms. The van der Waals surface area contributed by atoms with Crippen molar-refractivity contribution < 1.29 is 19.1 Å².